The van der Waals surface area contributed by atoms with Crippen LogP contribution in [0, 0.1) is 0 Å². The Morgan fingerprint density at radius 2 is 1.74 bits per heavy atom. The van der Waals surface area contributed by atoms with E-state index in [0.29, 0.717) is 0 Å². The van der Waals surface area contributed by atoms with E-state index >= 15 is 0 Å². The minimum Gasteiger partial charge on any atom is -0.324 e. The number of carbonyl (C=O) groups excluding carboxylic acids is 1. The van der Waals surface area contributed by atoms with Gasteiger partial charge in [0.2, 0.25) is 5.91 Å². The van der Waals surface area contributed by atoms with Gasteiger partial charge >= 0.3 is 0 Å². The molecule has 2 nitrogen and oxygen atoms in total. The van der Waals surface area contributed by atoms with E-state index in [1.165, 1.54) is 0 Å². The highest BCUT2D eigenvalue weighted by Gasteiger charge is 2.11. The second kappa shape index (κ2) is 6.64. The lowest BCUT2D eigenvalue weighted by Gasteiger charge is -2.11. The summed E-state index contributed by atoms with van der Waals surface area (Å²) in [6, 6.07) is 17.7. The van der Waals surface area contributed by atoms with Gasteiger partial charge in [-0.1, -0.05) is 42.1 Å². The van der Waals surface area contributed by atoms with Gasteiger partial charge in [0.25, 0.3) is 0 Å². The lowest BCUT2D eigenvalue weighted by Crippen LogP contribution is -2.20. The Labute approximate surface area is 122 Å². The number of alkyl halides is 1. The van der Waals surface area contributed by atoms with Crippen molar-refractivity contribution in [1.29, 1.82) is 0 Å². The van der Waals surface area contributed by atoms with Crippen LogP contribution in [-0.4, -0.2) is 11.3 Å². The first-order valence-electron chi connectivity index (χ1n) is 5.93. The van der Waals surface area contributed by atoms with E-state index in [9.17, 15) is 4.79 Å². The number of anilines is 1. The van der Waals surface area contributed by atoms with Crippen molar-refractivity contribution in [3.8, 4) is 0 Å². The largest absolute Gasteiger partial charge is 0.324 e. The van der Waals surface area contributed by atoms with E-state index in [4.69, 9.17) is 11.6 Å². The van der Waals surface area contributed by atoms with E-state index in [0.717, 1.165) is 15.5 Å². The summed E-state index contributed by atoms with van der Waals surface area (Å²) in [5.74, 6) is -0.192. The zero-order valence-corrected chi connectivity index (χ0v) is 12.0. The number of hydrogen-bond donors (Lipinski definition) is 1. The Balaban J connectivity index is 2.19. The molecule has 0 fully saturated rings. The molecule has 0 heterocycles. The summed E-state index contributed by atoms with van der Waals surface area (Å²) in [5.41, 5.74) is 0.786. The predicted molar refractivity (Wildman–Crippen MR) is 81.0 cm³/mol. The molecule has 0 unspecified atom stereocenters. The minimum atomic E-state index is -0.546. The molecule has 2 aromatic rings. The third kappa shape index (κ3) is 4.01. The summed E-state index contributed by atoms with van der Waals surface area (Å²) in [7, 11) is 0. The highest BCUT2D eigenvalue weighted by molar-refractivity contribution is 7.99. The maximum absolute atomic E-state index is 11.7. The smallest absolute Gasteiger partial charge is 0.242 e. The van der Waals surface area contributed by atoms with E-state index in [1.807, 2.05) is 54.6 Å². The van der Waals surface area contributed by atoms with Crippen molar-refractivity contribution in [3.63, 3.8) is 0 Å². The quantitative estimate of drug-likeness (QED) is 0.846. The molecule has 98 valence electrons. The molecule has 0 aliphatic rings. The molecule has 2 aromatic carbocycles. The average Bonchev–Trinajstić information content (AvgIpc) is 2.42. The molecule has 0 radical (unpaired) electrons. The van der Waals surface area contributed by atoms with E-state index in [-0.39, 0.29) is 5.91 Å². The van der Waals surface area contributed by atoms with Crippen molar-refractivity contribution in [2.24, 2.45) is 0 Å². The number of amides is 1. The number of nitrogens with one attached hydrogen (secondary N) is 1. The number of rotatable bonds is 4. The van der Waals surface area contributed by atoms with Crippen LogP contribution in [0.4, 0.5) is 5.69 Å². The molecule has 0 saturated carbocycles. The normalized spacial score (nSPS) is 11.9. The fraction of sp³-hybridized carbons (Fsp3) is 0.133. The number of para-hydroxylation sites is 1. The zero-order valence-electron chi connectivity index (χ0n) is 10.5. The second-order valence-electron chi connectivity index (χ2n) is 4.02. The lowest BCUT2D eigenvalue weighted by atomic mass is 10.3. The molecule has 0 aliphatic carbocycles. The van der Waals surface area contributed by atoms with Gasteiger partial charge in [-0.3, -0.25) is 4.79 Å². The van der Waals surface area contributed by atoms with Crippen molar-refractivity contribution >= 4 is 35.0 Å². The molecular formula is C15H14ClNOS. The summed E-state index contributed by atoms with van der Waals surface area (Å²) in [6.45, 7) is 1.66. The third-order valence-corrected chi connectivity index (χ3v) is 3.76. The summed E-state index contributed by atoms with van der Waals surface area (Å²) in [5, 5.41) is 2.29. The zero-order chi connectivity index (χ0) is 13.7. The van der Waals surface area contributed by atoms with Crippen LogP contribution in [0.15, 0.2) is 64.4 Å². The molecule has 0 aliphatic heterocycles. The van der Waals surface area contributed by atoms with E-state index in [2.05, 4.69) is 5.32 Å². The highest BCUT2D eigenvalue weighted by Crippen LogP contribution is 2.33. The monoisotopic (exact) mass is 291 g/mol. The number of halogens is 1. The van der Waals surface area contributed by atoms with Crippen LogP contribution in [0.5, 0.6) is 0 Å². The summed E-state index contributed by atoms with van der Waals surface area (Å²) >= 11 is 7.38. The molecule has 0 bridgehead atoms. The SMILES string of the molecule is C[C@H](Cl)C(=O)Nc1ccccc1Sc1ccccc1. The predicted octanol–water partition coefficient (Wildman–Crippen LogP) is 4.40. The molecule has 19 heavy (non-hydrogen) atoms. The highest BCUT2D eigenvalue weighted by atomic mass is 35.5. The molecular weight excluding hydrogens is 278 g/mol. The molecule has 0 spiro atoms. The fourth-order valence-corrected chi connectivity index (χ4v) is 2.48. The Morgan fingerprint density at radius 3 is 2.42 bits per heavy atom. The average molecular weight is 292 g/mol. The van der Waals surface area contributed by atoms with Crippen molar-refractivity contribution in [3.05, 3.63) is 54.6 Å². The maximum atomic E-state index is 11.7. The number of benzene rings is 2. The molecule has 1 N–H and O–H groups in total. The van der Waals surface area contributed by atoms with Gasteiger partial charge in [0.05, 0.1) is 5.69 Å². The summed E-state index contributed by atoms with van der Waals surface area (Å²) in [4.78, 5) is 13.8. The first-order valence-corrected chi connectivity index (χ1v) is 7.19. The Morgan fingerprint density at radius 1 is 1.11 bits per heavy atom. The van der Waals surface area contributed by atoms with Gasteiger partial charge in [-0.25, -0.2) is 0 Å². The minimum absolute atomic E-state index is 0.192. The standard InChI is InChI=1S/C15H14ClNOS/c1-11(16)15(18)17-13-9-5-6-10-14(13)19-12-7-3-2-4-8-12/h2-11H,1H3,(H,17,18)/t11-/m0/s1. The Kier molecular flexibility index (Phi) is 4.88. The van der Waals surface area contributed by atoms with E-state index < -0.39 is 5.38 Å². The Hall–Kier alpha value is -1.45. The second-order valence-corrected chi connectivity index (χ2v) is 5.79. The van der Waals surface area contributed by atoms with Gasteiger partial charge < -0.3 is 5.32 Å². The van der Waals surface area contributed by atoms with Gasteiger partial charge in [-0.05, 0) is 31.2 Å². The van der Waals surface area contributed by atoms with Crippen molar-refractivity contribution in [1.82, 2.24) is 0 Å². The van der Waals surface area contributed by atoms with E-state index in [1.54, 1.807) is 18.7 Å². The van der Waals surface area contributed by atoms with Crippen molar-refractivity contribution in [2.45, 2.75) is 22.1 Å². The van der Waals surface area contributed by atoms with Gasteiger partial charge in [-0.2, -0.15) is 0 Å². The van der Waals surface area contributed by atoms with Gasteiger partial charge in [0, 0.05) is 9.79 Å². The van der Waals surface area contributed by atoms with Crippen LogP contribution < -0.4 is 5.32 Å². The molecule has 4 heteroatoms. The number of hydrogen-bond acceptors (Lipinski definition) is 2. The molecule has 1 atom stereocenters. The number of carbonyl (C=O) groups is 1. The maximum Gasteiger partial charge on any atom is 0.242 e. The van der Waals surface area contributed by atoms with Gasteiger partial charge in [0.1, 0.15) is 5.38 Å². The van der Waals surface area contributed by atoms with Crippen molar-refractivity contribution < 1.29 is 4.79 Å². The molecule has 2 rings (SSSR count). The third-order valence-electron chi connectivity index (χ3n) is 2.48. The first kappa shape index (κ1) is 14.0. The summed E-state index contributed by atoms with van der Waals surface area (Å²) < 4.78 is 0. The van der Waals surface area contributed by atoms with Gasteiger partial charge in [-0.15, -0.1) is 11.6 Å². The molecule has 0 aromatic heterocycles. The Bertz CT molecular complexity index is 557. The van der Waals surface area contributed by atoms with Crippen LogP contribution in [0.25, 0.3) is 0 Å². The lowest BCUT2D eigenvalue weighted by molar-refractivity contribution is -0.115. The van der Waals surface area contributed by atoms with Crippen LogP contribution in [0.2, 0.25) is 0 Å². The topological polar surface area (TPSA) is 29.1 Å². The summed E-state index contributed by atoms with van der Waals surface area (Å²) in [6.07, 6.45) is 0. The molecule has 1 amide bonds. The van der Waals surface area contributed by atoms with Crippen LogP contribution >= 0.6 is 23.4 Å². The van der Waals surface area contributed by atoms with Gasteiger partial charge in [0.15, 0.2) is 0 Å². The van der Waals surface area contributed by atoms with Crippen LogP contribution in [0.3, 0.4) is 0 Å². The van der Waals surface area contributed by atoms with Crippen LogP contribution in [-0.2, 0) is 4.79 Å². The first-order chi connectivity index (χ1) is 9.16. The van der Waals surface area contributed by atoms with Crippen molar-refractivity contribution in [2.75, 3.05) is 5.32 Å². The fourth-order valence-electron chi connectivity index (χ4n) is 1.51. The van der Waals surface area contributed by atoms with Crippen LogP contribution in [0.1, 0.15) is 6.92 Å². The molecule has 0 saturated heterocycles.